The molecule has 40 heavy (non-hydrogen) atoms. The van der Waals surface area contributed by atoms with E-state index in [-0.39, 0.29) is 0 Å². The molecule has 0 bridgehead atoms. The summed E-state index contributed by atoms with van der Waals surface area (Å²) in [6, 6.07) is 15.5. The van der Waals surface area contributed by atoms with Crippen molar-refractivity contribution in [3.8, 4) is 11.3 Å². The van der Waals surface area contributed by atoms with E-state index in [0.717, 1.165) is 70.6 Å². The van der Waals surface area contributed by atoms with Crippen LogP contribution in [-0.2, 0) is 0 Å². The minimum atomic E-state index is 0.304. The van der Waals surface area contributed by atoms with Crippen molar-refractivity contribution in [2.45, 2.75) is 44.7 Å². The van der Waals surface area contributed by atoms with Crippen LogP contribution in [0.1, 0.15) is 37.3 Å². The van der Waals surface area contributed by atoms with Gasteiger partial charge in [-0.25, -0.2) is 14.6 Å². The van der Waals surface area contributed by atoms with Crippen LogP contribution in [0.4, 0.5) is 17.5 Å². The number of aryl methyl sites for hydroxylation is 1. The van der Waals surface area contributed by atoms with Crippen molar-refractivity contribution in [1.82, 2.24) is 34.5 Å². The van der Waals surface area contributed by atoms with E-state index < -0.39 is 0 Å². The normalized spacial score (nSPS) is 20.9. The molecule has 3 aromatic heterocycles. The van der Waals surface area contributed by atoms with Gasteiger partial charge in [-0.05, 0) is 63.4 Å². The zero-order chi connectivity index (χ0) is 27.2. The van der Waals surface area contributed by atoms with Gasteiger partial charge in [-0.3, -0.25) is 4.90 Å². The minimum absolute atomic E-state index is 0.304. The number of aromatic nitrogens is 5. The molecule has 1 aliphatic heterocycles. The monoisotopic (exact) mass is 537 g/mol. The lowest BCUT2D eigenvalue weighted by Crippen LogP contribution is -2.49. The van der Waals surface area contributed by atoms with Gasteiger partial charge in [-0.1, -0.05) is 24.3 Å². The maximum absolute atomic E-state index is 6.40. The summed E-state index contributed by atoms with van der Waals surface area (Å²) in [6.45, 7) is 6.67. The van der Waals surface area contributed by atoms with E-state index in [0.29, 0.717) is 23.9 Å². The molecule has 10 heteroatoms. The van der Waals surface area contributed by atoms with Crippen molar-refractivity contribution in [2.24, 2.45) is 0 Å². The van der Waals surface area contributed by atoms with Crippen LogP contribution in [0.5, 0.6) is 0 Å². The van der Waals surface area contributed by atoms with Crippen molar-refractivity contribution in [3.63, 3.8) is 0 Å². The molecule has 1 saturated heterocycles. The summed E-state index contributed by atoms with van der Waals surface area (Å²) in [5.41, 5.74) is 12.6. The van der Waals surface area contributed by atoms with Crippen LogP contribution in [0.2, 0.25) is 0 Å². The number of oxazole rings is 1. The van der Waals surface area contributed by atoms with Crippen LogP contribution < -0.4 is 11.1 Å². The molecule has 0 radical (unpaired) electrons. The fourth-order valence-corrected chi connectivity index (χ4v) is 6.28. The first-order chi connectivity index (χ1) is 19.5. The number of benzene rings is 2. The molecule has 1 saturated carbocycles. The Balaban J connectivity index is 1.12. The van der Waals surface area contributed by atoms with Gasteiger partial charge in [0.25, 0.3) is 6.01 Å². The number of anilines is 3. The molecule has 2 aromatic carbocycles. The van der Waals surface area contributed by atoms with E-state index in [1.165, 1.54) is 25.9 Å². The molecule has 2 aliphatic rings. The summed E-state index contributed by atoms with van der Waals surface area (Å²) < 4.78 is 8.04. The average molecular weight is 538 g/mol. The molecule has 0 atom stereocenters. The van der Waals surface area contributed by atoms with Crippen LogP contribution >= 0.6 is 0 Å². The van der Waals surface area contributed by atoms with Crippen molar-refractivity contribution in [3.05, 3.63) is 54.4 Å². The van der Waals surface area contributed by atoms with Crippen LogP contribution in [0.15, 0.2) is 53.2 Å². The van der Waals surface area contributed by atoms with Crippen molar-refractivity contribution >= 4 is 39.7 Å². The number of fused-ring (bicyclic) bond motifs is 2. The van der Waals surface area contributed by atoms with Gasteiger partial charge in [0.15, 0.2) is 11.2 Å². The quantitative estimate of drug-likeness (QED) is 0.320. The summed E-state index contributed by atoms with van der Waals surface area (Å²) in [5.74, 6) is 0.460. The third-order valence-corrected chi connectivity index (χ3v) is 8.61. The maximum atomic E-state index is 6.40. The molecule has 5 aromatic rings. The number of nitrogens with one attached hydrogen (secondary N) is 1. The van der Waals surface area contributed by atoms with Gasteiger partial charge in [-0.15, -0.1) is 0 Å². The van der Waals surface area contributed by atoms with Crippen molar-refractivity contribution in [1.29, 1.82) is 0 Å². The maximum Gasteiger partial charge on any atom is 0.300 e. The molecule has 0 amide bonds. The highest BCUT2D eigenvalue weighted by Gasteiger charge is 2.30. The highest BCUT2D eigenvalue weighted by Crippen LogP contribution is 2.37. The van der Waals surface area contributed by atoms with E-state index in [1.54, 1.807) is 6.33 Å². The lowest BCUT2D eigenvalue weighted by atomic mass is 9.90. The molecular weight excluding hydrogens is 502 g/mol. The minimum Gasteiger partial charge on any atom is -0.423 e. The topological polar surface area (TPSA) is 114 Å². The number of piperazine rings is 1. The summed E-state index contributed by atoms with van der Waals surface area (Å²) in [4.78, 5) is 18.6. The second kappa shape index (κ2) is 10.2. The van der Waals surface area contributed by atoms with E-state index in [9.17, 15) is 0 Å². The molecule has 4 heterocycles. The molecule has 0 unspecified atom stereocenters. The van der Waals surface area contributed by atoms with E-state index in [2.05, 4.69) is 41.8 Å². The number of para-hydroxylation sites is 1. The highest BCUT2D eigenvalue weighted by atomic mass is 16.4. The first-order valence-corrected chi connectivity index (χ1v) is 14.2. The number of rotatable bonds is 5. The van der Waals surface area contributed by atoms with Crippen molar-refractivity contribution in [2.75, 3.05) is 44.3 Å². The summed E-state index contributed by atoms with van der Waals surface area (Å²) in [7, 11) is 2.21. The zero-order valence-electron chi connectivity index (χ0n) is 23.0. The Labute approximate surface area is 233 Å². The first kappa shape index (κ1) is 25.0. The third kappa shape index (κ3) is 4.56. The Morgan fingerprint density at radius 2 is 1.68 bits per heavy atom. The fourth-order valence-electron chi connectivity index (χ4n) is 6.28. The van der Waals surface area contributed by atoms with Gasteiger partial charge >= 0.3 is 0 Å². The molecule has 0 spiro atoms. The number of nitrogens with two attached hydrogens (primary N) is 1. The van der Waals surface area contributed by atoms with Gasteiger partial charge < -0.3 is 20.4 Å². The fraction of sp³-hybridized carbons (Fsp3) is 0.400. The molecule has 206 valence electrons. The van der Waals surface area contributed by atoms with Crippen LogP contribution in [0.3, 0.4) is 0 Å². The lowest BCUT2D eigenvalue weighted by molar-refractivity contribution is 0.0815. The predicted molar refractivity (Wildman–Crippen MR) is 158 cm³/mol. The zero-order valence-corrected chi connectivity index (χ0v) is 23.0. The summed E-state index contributed by atoms with van der Waals surface area (Å²) in [5, 5.41) is 9.20. The molecule has 1 aliphatic carbocycles. The predicted octanol–water partition coefficient (Wildman–Crippen LogP) is 5.00. The van der Waals surface area contributed by atoms with Gasteiger partial charge in [0.2, 0.25) is 0 Å². The van der Waals surface area contributed by atoms with Crippen molar-refractivity contribution < 1.29 is 4.42 Å². The van der Waals surface area contributed by atoms with Gasteiger partial charge in [0, 0.05) is 43.5 Å². The Bertz CT molecular complexity index is 1640. The largest absolute Gasteiger partial charge is 0.423 e. The standard InChI is InChI=1S/C30H35N9O/c1-19-4-3-5-24-27(19)40-30(35-24)34-21-8-6-20(7-9-21)26-25-28(31)32-18-33-29(25)39(36-26)23-12-10-22(11-13-23)38-16-14-37(2)15-17-38/h3-9,18,22-23H,10-17H2,1-2H3,(H,34,35)(H2,31,32,33)/t22-,23+. The van der Waals surface area contributed by atoms with E-state index in [1.807, 2.05) is 49.4 Å². The molecule has 10 nitrogen and oxygen atoms in total. The summed E-state index contributed by atoms with van der Waals surface area (Å²) in [6.07, 6.45) is 6.08. The van der Waals surface area contributed by atoms with E-state index >= 15 is 0 Å². The highest BCUT2D eigenvalue weighted by molar-refractivity contribution is 5.98. The Morgan fingerprint density at radius 3 is 2.42 bits per heavy atom. The van der Waals surface area contributed by atoms with Gasteiger partial charge in [0.1, 0.15) is 23.4 Å². The Morgan fingerprint density at radius 1 is 0.925 bits per heavy atom. The average Bonchev–Trinajstić information content (AvgIpc) is 3.57. The second-order valence-electron chi connectivity index (χ2n) is 11.2. The van der Waals surface area contributed by atoms with E-state index in [4.69, 9.17) is 15.2 Å². The molecular formula is C30H35N9O. The number of hydrogen-bond donors (Lipinski definition) is 2. The van der Waals surface area contributed by atoms with Gasteiger partial charge in [-0.2, -0.15) is 10.1 Å². The SMILES string of the molecule is Cc1cccc2nc(Nc3ccc(-c4nn([C@H]5CC[C@@H](N6CCN(C)CC6)CC5)c5ncnc(N)c45)cc3)oc12. The molecule has 3 N–H and O–H groups in total. The number of likely N-dealkylation sites (N-methyl/N-ethyl adjacent to an activating group) is 1. The Hall–Kier alpha value is -4.02. The summed E-state index contributed by atoms with van der Waals surface area (Å²) >= 11 is 0. The first-order valence-electron chi connectivity index (χ1n) is 14.2. The number of hydrogen-bond acceptors (Lipinski definition) is 9. The number of nitrogens with zero attached hydrogens (tertiary/aromatic N) is 7. The lowest BCUT2D eigenvalue weighted by Gasteiger charge is -2.41. The van der Waals surface area contributed by atoms with Gasteiger partial charge in [0.05, 0.1) is 11.4 Å². The molecule has 7 rings (SSSR count). The second-order valence-corrected chi connectivity index (χ2v) is 11.2. The van der Waals surface area contributed by atoms with Crippen LogP contribution in [0, 0.1) is 6.92 Å². The van der Waals surface area contributed by atoms with Crippen LogP contribution in [-0.4, -0.2) is 73.8 Å². The Kier molecular flexibility index (Phi) is 6.36. The number of nitrogen functional groups attached to an aromatic ring is 1. The van der Waals surface area contributed by atoms with Crippen LogP contribution in [0.25, 0.3) is 33.4 Å². The smallest absolute Gasteiger partial charge is 0.300 e. The third-order valence-electron chi connectivity index (χ3n) is 8.61. The molecule has 2 fully saturated rings.